The SMILES string of the molecule is O=C(NN1CCOCC1)c1cccc(=O)[nH]1. The number of aromatic nitrogens is 1. The fourth-order valence-electron chi connectivity index (χ4n) is 1.46. The highest BCUT2D eigenvalue weighted by Gasteiger charge is 2.14. The number of hydrogen-bond acceptors (Lipinski definition) is 4. The van der Waals surface area contributed by atoms with Crippen molar-refractivity contribution in [3.63, 3.8) is 0 Å². The topological polar surface area (TPSA) is 74.4 Å². The molecular formula is C10H13N3O3. The third-order valence-corrected chi connectivity index (χ3v) is 2.28. The number of hydrazine groups is 1. The van der Waals surface area contributed by atoms with Gasteiger partial charge in [-0.3, -0.25) is 15.0 Å². The number of carbonyl (C=O) groups excluding carboxylic acids is 1. The van der Waals surface area contributed by atoms with Crippen molar-refractivity contribution in [3.8, 4) is 0 Å². The van der Waals surface area contributed by atoms with Crippen molar-refractivity contribution in [2.45, 2.75) is 0 Å². The summed E-state index contributed by atoms with van der Waals surface area (Å²) in [6.07, 6.45) is 0. The molecule has 0 saturated carbocycles. The summed E-state index contributed by atoms with van der Waals surface area (Å²) >= 11 is 0. The van der Waals surface area contributed by atoms with Crippen LogP contribution in [0.15, 0.2) is 23.0 Å². The fraction of sp³-hybridized carbons (Fsp3) is 0.400. The lowest BCUT2D eigenvalue weighted by atomic mass is 10.3. The second-order valence-electron chi connectivity index (χ2n) is 3.47. The maximum Gasteiger partial charge on any atom is 0.282 e. The van der Waals surface area contributed by atoms with Crippen molar-refractivity contribution in [2.24, 2.45) is 0 Å². The van der Waals surface area contributed by atoms with E-state index in [-0.39, 0.29) is 17.2 Å². The van der Waals surface area contributed by atoms with Gasteiger partial charge in [0.1, 0.15) is 5.69 Å². The Morgan fingerprint density at radius 2 is 2.12 bits per heavy atom. The van der Waals surface area contributed by atoms with E-state index in [1.54, 1.807) is 17.1 Å². The third kappa shape index (κ3) is 2.68. The lowest BCUT2D eigenvalue weighted by molar-refractivity contribution is 0.0124. The van der Waals surface area contributed by atoms with Gasteiger partial charge < -0.3 is 9.72 Å². The van der Waals surface area contributed by atoms with E-state index >= 15 is 0 Å². The van der Waals surface area contributed by atoms with Crippen LogP contribution in [0.25, 0.3) is 0 Å². The van der Waals surface area contributed by atoms with Crippen LogP contribution in [0.3, 0.4) is 0 Å². The summed E-state index contributed by atoms with van der Waals surface area (Å²) in [5, 5.41) is 1.77. The minimum atomic E-state index is -0.306. The Kier molecular flexibility index (Phi) is 3.33. The van der Waals surface area contributed by atoms with Gasteiger partial charge in [-0.2, -0.15) is 0 Å². The van der Waals surface area contributed by atoms with Gasteiger partial charge in [0.2, 0.25) is 5.56 Å². The first-order chi connectivity index (χ1) is 7.75. The first-order valence-corrected chi connectivity index (χ1v) is 5.09. The summed E-state index contributed by atoms with van der Waals surface area (Å²) in [7, 11) is 0. The van der Waals surface area contributed by atoms with E-state index in [4.69, 9.17) is 4.74 Å². The number of pyridine rings is 1. The van der Waals surface area contributed by atoms with E-state index in [0.717, 1.165) is 0 Å². The van der Waals surface area contributed by atoms with Gasteiger partial charge in [0.05, 0.1) is 13.2 Å². The van der Waals surface area contributed by atoms with E-state index in [0.29, 0.717) is 26.3 Å². The molecule has 1 amide bonds. The zero-order chi connectivity index (χ0) is 11.4. The van der Waals surface area contributed by atoms with E-state index in [1.807, 2.05) is 0 Å². The Morgan fingerprint density at radius 1 is 1.38 bits per heavy atom. The van der Waals surface area contributed by atoms with Crippen molar-refractivity contribution >= 4 is 5.91 Å². The number of carbonyl (C=O) groups is 1. The van der Waals surface area contributed by atoms with Crippen LogP contribution in [0.4, 0.5) is 0 Å². The van der Waals surface area contributed by atoms with Crippen molar-refractivity contribution < 1.29 is 9.53 Å². The van der Waals surface area contributed by atoms with Gasteiger partial charge in [0, 0.05) is 19.2 Å². The maximum absolute atomic E-state index is 11.7. The van der Waals surface area contributed by atoms with Gasteiger partial charge in [0.15, 0.2) is 0 Å². The van der Waals surface area contributed by atoms with Gasteiger partial charge in [0.25, 0.3) is 5.91 Å². The maximum atomic E-state index is 11.7. The van der Waals surface area contributed by atoms with Gasteiger partial charge >= 0.3 is 0 Å². The Bertz CT molecular complexity index is 423. The van der Waals surface area contributed by atoms with Crippen molar-refractivity contribution in [1.29, 1.82) is 0 Å². The number of ether oxygens (including phenoxy) is 1. The highest BCUT2D eigenvalue weighted by atomic mass is 16.5. The Morgan fingerprint density at radius 3 is 2.81 bits per heavy atom. The molecule has 1 aliphatic heterocycles. The summed E-state index contributed by atoms with van der Waals surface area (Å²) in [5.74, 6) is -0.306. The number of H-pyrrole nitrogens is 1. The number of aromatic amines is 1. The van der Waals surface area contributed by atoms with Crippen molar-refractivity contribution in [1.82, 2.24) is 15.4 Å². The molecule has 0 aromatic carbocycles. The van der Waals surface area contributed by atoms with Crippen LogP contribution in [0.1, 0.15) is 10.5 Å². The zero-order valence-electron chi connectivity index (χ0n) is 8.73. The fourth-order valence-corrected chi connectivity index (χ4v) is 1.46. The number of rotatable bonds is 2. The number of amides is 1. The van der Waals surface area contributed by atoms with E-state index in [9.17, 15) is 9.59 Å². The molecule has 2 N–H and O–H groups in total. The quantitative estimate of drug-likeness (QED) is 0.699. The molecule has 86 valence electrons. The molecule has 0 unspecified atom stereocenters. The number of hydrogen-bond donors (Lipinski definition) is 2. The predicted octanol–water partition coefficient (Wildman–Crippen LogP) is -0.648. The molecular weight excluding hydrogens is 210 g/mol. The molecule has 2 rings (SSSR count). The molecule has 1 aliphatic rings. The monoisotopic (exact) mass is 223 g/mol. The van der Waals surface area contributed by atoms with Crippen molar-refractivity contribution in [2.75, 3.05) is 26.3 Å². The third-order valence-electron chi connectivity index (χ3n) is 2.28. The first-order valence-electron chi connectivity index (χ1n) is 5.09. The van der Waals surface area contributed by atoms with Crippen LogP contribution in [-0.2, 0) is 4.74 Å². The summed E-state index contributed by atoms with van der Waals surface area (Å²) in [6, 6.07) is 4.48. The predicted molar refractivity (Wildman–Crippen MR) is 56.9 cm³/mol. The van der Waals surface area contributed by atoms with Gasteiger partial charge in [-0.05, 0) is 6.07 Å². The Hall–Kier alpha value is -1.66. The van der Waals surface area contributed by atoms with Crippen LogP contribution < -0.4 is 11.0 Å². The number of nitrogens with zero attached hydrogens (tertiary/aromatic N) is 1. The lowest BCUT2D eigenvalue weighted by Gasteiger charge is -2.26. The smallest absolute Gasteiger partial charge is 0.282 e. The minimum Gasteiger partial charge on any atom is -0.379 e. The average Bonchev–Trinajstić information content (AvgIpc) is 2.30. The van der Waals surface area contributed by atoms with Gasteiger partial charge in [-0.25, -0.2) is 5.01 Å². The molecule has 0 aliphatic carbocycles. The largest absolute Gasteiger partial charge is 0.379 e. The first kappa shape index (κ1) is 10.8. The Balaban J connectivity index is 1.99. The van der Waals surface area contributed by atoms with Crippen LogP contribution >= 0.6 is 0 Å². The van der Waals surface area contributed by atoms with E-state index in [1.165, 1.54) is 6.07 Å². The van der Waals surface area contributed by atoms with Crippen LogP contribution in [0, 0.1) is 0 Å². The number of nitrogens with one attached hydrogen (secondary N) is 2. The highest BCUT2D eigenvalue weighted by Crippen LogP contribution is 1.95. The van der Waals surface area contributed by atoms with E-state index < -0.39 is 0 Å². The molecule has 0 atom stereocenters. The second kappa shape index (κ2) is 4.91. The van der Waals surface area contributed by atoms with E-state index in [2.05, 4.69) is 10.4 Å². The molecule has 2 heterocycles. The van der Waals surface area contributed by atoms with Crippen LogP contribution in [0.5, 0.6) is 0 Å². The molecule has 1 aromatic rings. The van der Waals surface area contributed by atoms with Crippen LogP contribution in [-0.4, -0.2) is 42.2 Å². The van der Waals surface area contributed by atoms with Crippen molar-refractivity contribution in [3.05, 3.63) is 34.2 Å². The summed E-state index contributed by atoms with van der Waals surface area (Å²) in [6.45, 7) is 2.52. The lowest BCUT2D eigenvalue weighted by Crippen LogP contribution is -2.48. The zero-order valence-corrected chi connectivity index (χ0v) is 8.73. The molecule has 6 heteroatoms. The Labute approximate surface area is 92.2 Å². The molecule has 0 spiro atoms. The molecule has 1 aromatic heterocycles. The highest BCUT2D eigenvalue weighted by molar-refractivity contribution is 5.91. The average molecular weight is 223 g/mol. The molecule has 0 radical (unpaired) electrons. The molecule has 1 saturated heterocycles. The van der Waals surface area contributed by atoms with Crippen LogP contribution in [0.2, 0.25) is 0 Å². The second-order valence-corrected chi connectivity index (χ2v) is 3.47. The van der Waals surface area contributed by atoms with Gasteiger partial charge in [-0.15, -0.1) is 0 Å². The normalized spacial score (nSPS) is 17.0. The summed E-state index contributed by atoms with van der Waals surface area (Å²) < 4.78 is 5.16. The standard InChI is InChI=1S/C10H13N3O3/c14-9-3-1-2-8(11-9)10(15)12-13-4-6-16-7-5-13/h1-3H,4-7H2,(H,11,14)(H,12,15). The number of morpholine rings is 1. The minimum absolute atomic E-state index is 0.263. The summed E-state index contributed by atoms with van der Waals surface area (Å²) in [5.41, 5.74) is 2.69. The van der Waals surface area contributed by atoms with Gasteiger partial charge in [-0.1, -0.05) is 6.07 Å². The molecule has 0 bridgehead atoms. The molecule has 16 heavy (non-hydrogen) atoms. The summed E-state index contributed by atoms with van der Waals surface area (Å²) in [4.78, 5) is 25.2. The molecule has 6 nitrogen and oxygen atoms in total. The molecule has 1 fully saturated rings.